The number of hydrogen-bond donors (Lipinski definition) is 0. The summed E-state index contributed by atoms with van der Waals surface area (Å²) >= 11 is 0. The molecule has 0 bridgehead atoms. The van der Waals surface area contributed by atoms with E-state index in [2.05, 4.69) is 0 Å². The van der Waals surface area contributed by atoms with Gasteiger partial charge in [0.15, 0.2) is 0 Å². The highest BCUT2D eigenvalue weighted by atomic mass is 16.5. The van der Waals surface area contributed by atoms with Gasteiger partial charge in [0, 0.05) is 32.1 Å². The van der Waals surface area contributed by atoms with Crippen LogP contribution in [0, 0.1) is 12.8 Å². The summed E-state index contributed by atoms with van der Waals surface area (Å²) in [5.74, 6) is 1.27. The van der Waals surface area contributed by atoms with Gasteiger partial charge in [-0.05, 0) is 18.9 Å². The molecule has 1 aromatic carbocycles. The third-order valence-electron chi connectivity index (χ3n) is 2.85. The second kappa shape index (κ2) is 7.17. The van der Waals surface area contributed by atoms with E-state index in [9.17, 15) is 4.79 Å². The molecule has 0 heterocycles. The lowest BCUT2D eigenvalue weighted by Crippen LogP contribution is -2.12. The van der Waals surface area contributed by atoms with E-state index in [1.54, 1.807) is 14.2 Å². The molecule has 0 aromatic heterocycles. The number of carbonyl (C=O) groups is 1. The Labute approximate surface area is 109 Å². The van der Waals surface area contributed by atoms with Crippen molar-refractivity contribution in [2.75, 3.05) is 20.8 Å². The normalized spacial score (nSPS) is 12.2. The van der Waals surface area contributed by atoms with Crippen LogP contribution in [0.2, 0.25) is 0 Å². The molecule has 3 heteroatoms. The molecule has 0 spiro atoms. The predicted octanol–water partition coefficient (Wildman–Crippen LogP) is 2.79. The number of ketones is 1. The maximum absolute atomic E-state index is 12.0. The van der Waals surface area contributed by atoms with Crippen LogP contribution in [0.1, 0.15) is 24.5 Å². The van der Waals surface area contributed by atoms with Gasteiger partial charge in [0.1, 0.15) is 11.5 Å². The van der Waals surface area contributed by atoms with Gasteiger partial charge in [-0.1, -0.05) is 24.6 Å². The van der Waals surface area contributed by atoms with Gasteiger partial charge in [-0.15, -0.1) is 0 Å². The second-order valence-corrected chi connectivity index (χ2v) is 4.80. The van der Waals surface area contributed by atoms with Gasteiger partial charge < -0.3 is 9.47 Å². The zero-order valence-electron chi connectivity index (χ0n) is 11.7. The molecular weight excluding hydrogens is 228 g/mol. The number of carbonyl (C=O) groups excluding carboxylic acids is 1. The maximum atomic E-state index is 12.0. The van der Waals surface area contributed by atoms with Gasteiger partial charge in [0.25, 0.3) is 0 Å². The molecule has 0 aliphatic heterocycles. The van der Waals surface area contributed by atoms with E-state index in [1.807, 2.05) is 32.0 Å². The van der Waals surface area contributed by atoms with Crippen LogP contribution in [0.5, 0.6) is 5.75 Å². The van der Waals surface area contributed by atoms with Gasteiger partial charge in [0.2, 0.25) is 0 Å². The molecule has 0 fully saturated rings. The summed E-state index contributed by atoms with van der Waals surface area (Å²) in [7, 11) is 3.29. The van der Waals surface area contributed by atoms with Crippen molar-refractivity contribution < 1.29 is 14.3 Å². The van der Waals surface area contributed by atoms with Crippen molar-refractivity contribution in [2.24, 2.45) is 5.92 Å². The summed E-state index contributed by atoms with van der Waals surface area (Å²) < 4.78 is 10.3. The third-order valence-corrected chi connectivity index (χ3v) is 2.85. The highest BCUT2D eigenvalue weighted by Gasteiger charge is 2.12. The number of Topliss-reactive ketones (excluding diaryl/α,β-unsaturated/α-hetero) is 1. The molecule has 1 rings (SSSR count). The van der Waals surface area contributed by atoms with Crippen LogP contribution >= 0.6 is 0 Å². The fourth-order valence-electron chi connectivity index (χ4n) is 2.06. The Morgan fingerprint density at radius 2 is 2.06 bits per heavy atom. The predicted molar refractivity (Wildman–Crippen MR) is 72.1 cm³/mol. The van der Waals surface area contributed by atoms with E-state index in [-0.39, 0.29) is 11.7 Å². The number of rotatable bonds is 7. The number of methoxy groups -OCH3 is 2. The quantitative estimate of drug-likeness (QED) is 0.746. The highest BCUT2D eigenvalue weighted by Crippen LogP contribution is 2.21. The molecule has 0 saturated heterocycles. The summed E-state index contributed by atoms with van der Waals surface area (Å²) in [6.45, 7) is 4.66. The first-order chi connectivity index (χ1) is 8.56. The lowest BCUT2D eigenvalue weighted by Gasteiger charge is -2.11. The minimum atomic E-state index is 0.225. The first kappa shape index (κ1) is 14.7. The molecule has 0 aliphatic carbocycles. The summed E-state index contributed by atoms with van der Waals surface area (Å²) in [4.78, 5) is 12.0. The SMILES string of the molecule is COCC(C)CC(=O)Cc1cc(C)ccc1OC. The van der Waals surface area contributed by atoms with Crippen molar-refractivity contribution in [1.82, 2.24) is 0 Å². The van der Waals surface area contributed by atoms with Crippen molar-refractivity contribution >= 4 is 5.78 Å². The van der Waals surface area contributed by atoms with E-state index in [1.165, 1.54) is 0 Å². The highest BCUT2D eigenvalue weighted by molar-refractivity contribution is 5.81. The molecule has 100 valence electrons. The van der Waals surface area contributed by atoms with Crippen molar-refractivity contribution in [1.29, 1.82) is 0 Å². The average molecular weight is 250 g/mol. The Hall–Kier alpha value is -1.35. The third kappa shape index (κ3) is 4.49. The van der Waals surface area contributed by atoms with Crippen LogP contribution in [0.15, 0.2) is 18.2 Å². The van der Waals surface area contributed by atoms with Gasteiger partial charge in [-0.25, -0.2) is 0 Å². The zero-order valence-corrected chi connectivity index (χ0v) is 11.7. The minimum Gasteiger partial charge on any atom is -0.496 e. The summed E-state index contributed by atoms with van der Waals surface area (Å²) in [5.41, 5.74) is 2.11. The molecule has 1 unspecified atom stereocenters. The second-order valence-electron chi connectivity index (χ2n) is 4.80. The van der Waals surface area contributed by atoms with Gasteiger partial charge >= 0.3 is 0 Å². The van der Waals surface area contributed by atoms with Crippen LogP contribution < -0.4 is 4.74 Å². The Kier molecular flexibility index (Phi) is 5.86. The Balaban J connectivity index is 2.66. The summed E-state index contributed by atoms with van der Waals surface area (Å²) in [5, 5.41) is 0. The molecular formula is C15H22O3. The zero-order chi connectivity index (χ0) is 13.5. The van der Waals surface area contributed by atoms with E-state index in [0.29, 0.717) is 19.4 Å². The standard InChI is InChI=1S/C15H22O3/c1-11-5-6-15(18-4)13(7-11)9-14(16)8-12(2)10-17-3/h5-7,12H,8-10H2,1-4H3. The Bertz CT molecular complexity index is 399. The first-order valence-corrected chi connectivity index (χ1v) is 6.21. The van der Waals surface area contributed by atoms with Crippen LogP contribution in [0.25, 0.3) is 0 Å². The molecule has 3 nitrogen and oxygen atoms in total. The smallest absolute Gasteiger partial charge is 0.137 e. The molecule has 0 amide bonds. The number of ether oxygens (including phenoxy) is 2. The first-order valence-electron chi connectivity index (χ1n) is 6.21. The van der Waals surface area contributed by atoms with Gasteiger partial charge in [-0.2, -0.15) is 0 Å². The monoisotopic (exact) mass is 250 g/mol. The lowest BCUT2D eigenvalue weighted by atomic mass is 9.99. The molecule has 0 aliphatic rings. The maximum Gasteiger partial charge on any atom is 0.137 e. The van der Waals surface area contributed by atoms with Gasteiger partial charge in [-0.3, -0.25) is 4.79 Å². The summed E-state index contributed by atoms with van der Waals surface area (Å²) in [6.07, 6.45) is 0.976. The van der Waals surface area contributed by atoms with Gasteiger partial charge in [0.05, 0.1) is 7.11 Å². The molecule has 0 radical (unpaired) electrons. The van der Waals surface area contributed by atoms with E-state index >= 15 is 0 Å². The number of benzene rings is 1. The number of aryl methyl sites for hydroxylation is 1. The van der Waals surface area contributed by atoms with E-state index in [4.69, 9.17) is 9.47 Å². The van der Waals surface area contributed by atoms with Crippen molar-refractivity contribution in [3.8, 4) is 5.75 Å². The summed E-state index contributed by atoms with van der Waals surface area (Å²) in [6, 6.07) is 5.91. The lowest BCUT2D eigenvalue weighted by molar-refractivity contribution is -0.119. The fraction of sp³-hybridized carbons (Fsp3) is 0.533. The topological polar surface area (TPSA) is 35.5 Å². The molecule has 18 heavy (non-hydrogen) atoms. The fourth-order valence-corrected chi connectivity index (χ4v) is 2.06. The largest absolute Gasteiger partial charge is 0.496 e. The van der Waals surface area contributed by atoms with Crippen LogP contribution in [0.4, 0.5) is 0 Å². The van der Waals surface area contributed by atoms with E-state index < -0.39 is 0 Å². The van der Waals surface area contributed by atoms with E-state index in [0.717, 1.165) is 16.9 Å². The van der Waals surface area contributed by atoms with Crippen molar-refractivity contribution in [2.45, 2.75) is 26.7 Å². The Morgan fingerprint density at radius 1 is 1.33 bits per heavy atom. The minimum absolute atomic E-state index is 0.225. The Morgan fingerprint density at radius 3 is 2.67 bits per heavy atom. The van der Waals surface area contributed by atoms with Crippen LogP contribution in [-0.4, -0.2) is 26.6 Å². The van der Waals surface area contributed by atoms with Crippen molar-refractivity contribution in [3.05, 3.63) is 29.3 Å². The molecule has 0 saturated carbocycles. The number of hydrogen-bond acceptors (Lipinski definition) is 3. The molecule has 1 atom stereocenters. The van der Waals surface area contributed by atoms with Crippen LogP contribution in [-0.2, 0) is 16.0 Å². The van der Waals surface area contributed by atoms with Crippen LogP contribution in [0.3, 0.4) is 0 Å². The van der Waals surface area contributed by atoms with Crippen molar-refractivity contribution in [3.63, 3.8) is 0 Å². The molecule has 0 N–H and O–H groups in total. The molecule has 1 aromatic rings. The average Bonchev–Trinajstić information content (AvgIpc) is 2.29.